The maximum Gasteiger partial charge on any atom is 0.491 e. The van der Waals surface area contributed by atoms with Crippen molar-refractivity contribution >= 4 is 40.1 Å². The van der Waals surface area contributed by atoms with Crippen LogP contribution in [0.2, 0.25) is 5.02 Å². The third-order valence-corrected chi connectivity index (χ3v) is 4.90. The summed E-state index contributed by atoms with van der Waals surface area (Å²) in [5, 5.41) is 14.8. The van der Waals surface area contributed by atoms with E-state index in [1.807, 2.05) is 42.6 Å². The van der Waals surface area contributed by atoms with Crippen molar-refractivity contribution in [1.82, 2.24) is 9.78 Å². The van der Waals surface area contributed by atoms with Gasteiger partial charge in [-0.05, 0) is 46.9 Å². The molecule has 0 aliphatic carbocycles. The standard InChI is InChI=1S/C16H11BBrClN2O2/c18-15-3-2-11(21-5-1-4-20-21)7-12(15)13-8-14-10(6-16(13)19)9-23-17(14)22/h1-8,22H,9H2. The van der Waals surface area contributed by atoms with E-state index in [2.05, 4.69) is 21.0 Å². The fourth-order valence-electron chi connectivity index (χ4n) is 2.73. The summed E-state index contributed by atoms with van der Waals surface area (Å²) in [7, 11) is -0.894. The van der Waals surface area contributed by atoms with Crippen molar-refractivity contribution in [3.63, 3.8) is 0 Å². The molecule has 0 unspecified atom stereocenters. The number of aromatic nitrogens is 2. The van der Waals surface area contributed by atoms with Gasteiger partial charge in [0.25, 0.3) is 0 Å². The van der Waals surface area contributed by atoms with Gasteiger partial charge in [-0.15, -0.1) is 0 Å². The Hall–Kier alpha value is -1.60. The van der Waals surface area contributed by atoms with E-state index in [0.717, 1.165) is 32.3 Å². The van der Waals surface area contributed by atoms with Crippen LogP contribution in [0.4, 0.5) is 0 Å². The summed E-state index contributed by atoms with van der Waals surface area (Å²) < 4.78 is 7.96. The predicted molar refractivity (Wildman–Crippen MR) is 94.1 cm³/mol. The molecule has 2 aromatic carbocycles. The first kappa shape index (κ1) is 15.0. The largest absolute Gasteiger partial charge is 0.491 e. The lowest BCUT2D eigenvalue weighted by molar-refractivity contribution is 0.275. The molecule has 1 N–H and O–H groups in total. The molecule has 7 heteroatoms. The number of rotatable bonds is 2. The Morgan fingerprint density at radius 3 is 2.91 bits per heavy atom. The van der Waals surface area contributed by atoms with Gasteiger partial charge in [-0.25, -0.2) is 4.68 Å². The van der Waals surface area contributed by atoms with Crippen LogP contribution in [0.25, 0.3) is 16.8 Å². The van der Waals surface area contributed by atoms with Crippen LogP contribution < -0.4 is 5.46 Å². The van der Waals surface area contributed by atoms with Gasteiger partial charge in [0, 0.05) is 27.5 Å². The molecule has 1 aromatic heterocycles. The molecular formula is C16H11BBrClN2O2. The van der Waals surface area contributed by atoms with Gasteiger partial charge < -0.3 is 9.68 Å². The molecule has 1 aliphatic rings. The minimum Gasteiger partial charge on any atom is -0.423 e. The van der Waals surface area contributed by atoms with E-state index in [9.17, 15) is 5.02 Å². The van der Waals surface area contributed by atoms with Crippen LogP contribution in [0.15, 0.2) is 53.3 Å². The molecule has 0 spiro atoms. The first-order chi connectivity index (χ1) is 11.1. The first-order valence-electron chi connectivity index (χ1n) is 7.05. The van der Waals surface area contributed by atoms with Gasteiger partial charge in [-0.3, -0.25) is 0 Å². The molecule has 114 valence electrons. The average Bonchev–Trinajstić information content (AvgIpc) is 3.18. The number of halogens is 2. The lowest BCUT2D eigenvalue weighted by Gasteiger charge is -2.12. The maximum absolute atomic E-state index is 9.93. The van der Waals surface area contributed by atoms with Gasteiger partial charge in [0.2, 0.25) is 0 Å². The number of nitrogens with zero attached hydrogens (tertiary/aromatic N) is 2. The van der Waals surface area contributed by atoms with Gasteiger partial charge in [0.15, 0.2) is 0 Å². The summed E-state index contributed by atoms with van der Waals surface area (Å²) in [5.74, 6) is 0. The smallest absolute Gasteiger partial charge is 0.423 e. The highest BCUT2D eigenvalue weighted by molar-refractivity contribution is 9.10. The number of hydrogen-bond donors (Lipinski definition) is 1. The molecule has 23 heavy (non-hydrogen) atoms. The van der Waals surface area contributed by atoms with Crippen LogP contribution in [0.5, 0.6) is 0 Å². The summed E-state index contributed by atoms with van der Waals surface area (Å²) in [6.07, 6.45) is 3.62. The zero-order valence-electron chi connectivity index (χ0n) is 11.9. The number of hydrogen-bond acceptors (Lipinski definition) is 3. The Morgan fingerprint density at radius 2 is 2.13 bits per heavy atom. The lowest BCUT2D eigenvalue weighted by Crippen LogP contribution is -2.28. The van der Waals surface area contributed by atoms with E-state index in [1.54, 1.807) is 10.9 Å². The number of fused-ring (bicyclic) bond motifs is 1. The van der Waals surface area contributed by atoms with Crippen molar-refractivity contribution in [2.75, 3.05) is 0 Å². The van der Waals surface area contributed by atoms with Crippen molar-refractivity contribution < 1.29 is 9.68 Å². The van der Waals surface area contributed by atoms with Crippen LogP contribution in [0, 0.1) is 0 Å². The maximum atomic E-state index is 9.93. The second kappa shape index (κ2) is 5.80. The van der Waals surface area contributed by atoms with Crippen LogP contribution in [0.1, 0.15) is 5.56 Å². The molecule has 0 fully saturated rings. The van der Waals surface area contributed by atoms with Crippen LogP contribution >= 0.6 is 27.5 Å². The highest BCUT2D eigenvalue weighted by Crippen LogP contribution is 2.35. The fourth-order valence-corrected chi connectivity index (χ4v) is 3.48. The minimum absolute atomic E-state index is 0.380. The van der Waals surface area contributed by atoms with E-state index in [1.165, 1.54) is 0 Å². The lowest BCUT2D eigenvalue weighted by atomic mass is 9.78. The zero-order chi connectivity index (χ0) is 16.0. The minimum atomic E-state index is -0.894. The van der Waals surface area contributed by atoms with E-state index >= 15 is 0 Å². The Balaban J connectivity index is 1.88. The Kier molecular flexibility index (Phi) is 3.77. The molecule has 2 heterocycles. The molecule has 0 bridgehead atoms. The summed E-state index contributed by atoms with van der Waals surface area (Å²) >= 11 is 10.0. The third-order valence-electron chi connectivity index (χ3n) is 3.90. The first-order valence-corrected chi connectivity index (χ1v) is 8.22. The quantitative estimate of drug-likeness (QED) is 0.685. The van der Waals surface area contributed by atoms with E-state index in [4.69, 9.17) is 16.3 Å². The zero-order valence-corrected chi connectivity index (χ0v) is 14.3. The van der Waals surface area contributed by atoms with Gasteiger partial charge in [0.1, 0.15) is 0 Å². The summed E-state index contributed by atoms with van der Waals surface area (Å²) in [6, 6.07) is 11.6. The second-order valence-corrected chi connectivity index (χ2v) is 6.57. The van der Waals surface area contributed by atoms with Crippen LogP contribution in [0.3, 0.4) is 0 Å². The molecular weight excluding hydrogens is 378 g/mol. The predicted octanol–water partition coefficient (Wildman–Crippen LogP) is 3.17. The van der Waals surface area contributed by atoms with Crippen molar-refractivity contribution in [3.05, 3.63) is 63.9 Å². The van der Waals surface area contributed by atoms with Crippen molar-refractivity contribution in [2.24, 2.45) is 0 Å². The fraction of sp³-hybridized carbons (Fsp3) is 0.0625. The molecule has 3 aromatic rings. The molecule has 1 aliphatic heterocycles. The summed E-state index contributed by atoms with van der Waals surface area (Å²) in [6.45, 7) is 0.380. The summed E-state index contributed by atoms with van der Waals surface area (Å²) in [4.78, 5) is 0. The van der Waals surface area contributed by atoms with E-state index in [-0.39, 0.29) is 0 Å². The normalized spacial score (nSPS) is 13.4. The molecule has 0 radical (unpaired) electrons. The SMILES string of the molecule is OB1OCc2cc(Cl)c(-c3cc(-n4cccn4)ccc3Br)cc21. The van der Waals surface area contributed by atoms with Crippen molar-refractivity contribution in [1.29, 1.82) is 0 Å². The number of benzene rings is 2. The molecule has 4 nitrogen and oxygen atoms in total. The molecule has 0 saturated heterocycles. The van der Waals surface area contributed by atoms with Crippen molar-refractivity contribution in [3.8, 4) is 16.8 Å². The third kappa shape index (κ3) is 2.62. The monoisotopic (exact) mass is 388 g/mol. The highest BCUT2D eigenvalue weighted by Gasteiger charge is 2.28. The average molecular weight is 389 g/mol. The van der Waals surface area contributed by atoms with E-state index < -0.39 is 7.12 Å². The summed E-state index contributed by atoms with van der Waals surface area (Å²) in [5.41, 5.74) is 4.40. The molecule has 4 rings (SSSR count). The van der Waals surface area contributed by atoms with Gasteiger partial charge in [0.05, 0.1) is 12.3 Å². The Morgan fingerprint density at radius 1 is 1.26 bits per heavy atom. The molecule has 0 amide bonds. The second-order valence-electron chi connectivity index (χ2n) is 5.31. The Labute approximate surface area is 146 Å². The molecule has 0 saturated carbocycles. The highest BCUT2D eigenvalue weighted by atomic mass is 79.9. The van der Waals surface area contributed by atoms with Crippen LogP contribution in [-0.4, -0.2) is 21.9 Å². The van der Waals surface area contributed by atoms with Gasteiger partial charge >= 0.3 is 7.12 Å². The van der Waals surface area contributed by atoms with Crippen LogP contribution in [-0.2, 0) is 11.3 Å². The molecule has 0 atom stereocenters. The van der Waals surface area contributed by atoms with Crippen molar-refractivity contribution in [2.45, 2.75) is 6.61 Å². The van der Waals surface area contributed by atoms with E-state index in [0.29, 0.717) is 11.6 Å². The Bertz CT molecular complexity index is 886. The van der Waals surface area contributed by atoms with Gasteiger partial charge in [-0.1, -0.05) is 33.6 Å². The topological polar surface area (TPSA) is 47.3 Å². The van der Waals surface area contributed by atoms with Gasteiger partial charge in [-0.2, -0.15) is 5.10 Å².